The summed E-state index contributed by atoms with van der Waals surface area (Å²) in [7, 11) is 0. The standard InChI is InChI=1S/C8H2BrF3N2O2/c9-7-4(3-13)5(8(10,11)12)1-2-6(7)14(15)16/h1-2H. The van der Waals surface area contributed by atoms with Crippen LogP contribution in [0.4, 0.5) is 18.9 Å². The van der Waals surface area contributed by atoms with Crippen molar-refractivity contribution in [2.75, 3.05) is 0 Å². The minimum Gasteiger partial charge on any atom is -0.258 e. The first kappa shape index (κ1) is 12.4. The van der Waals surface area contributed by atoms with E-state index < -0.39 is 32.4 Å². The molecule has 0 saturated heterocycles. The van der Waals surface area contributed by atoms with Crippen LogP contribution in [-0.4, -0.2) is 4.92 Å². The lowest BCUT2D eigenvalue weighted by molar-refractivity contribution is -0.385. The van der Waals surface area contributed by atoms with Gasteiger partial charge in [0.2, 0.25) is 0 Å². The minimum absolute atomic E-state index is 0.463. The summed E-state index contributed by atoms with van der Waals surface area (Å²) in [6.07, 6.45) is -4.72. The molecule has 0 aliphatic carbocycles. The summed E-state index contributed by atoms with van der Waals surface area (Å²) in [5.41, 5.74) is -2.57. The Kier molecular flexibility index (Phi) is 3.19. The van der Waals surface area contributed by atoms with Crippen molar-refractivity contribution in [3.8, 4) is 6.07 Å². The number of halogens is 4. The van der Waals surface area contributed by atoms with Crippen LogP contribution in [-0.2, 0) is 6.18 Å². The van der Waals surface area contributed by atoms with E-state index in [0.29, 0.717) is 12.1 Å². The van der Waals surface area contributed by atoms with E-state index in [1.165, 1.54) is 6.07 Å². The Bertz CT molecular complexity index is 493. The summed E-state index contributed by atoms with van der Waals surface area (Å²) >= 11 is 2.62. The molecular weight excluding hydrogens is 293 g/mol. The van der Waals surface area contributed by atoms with Gasteiger partial charge in [-0.2, -0.15) is 18.4 Å². The van der Waals surface area contributed by atoms with E-state index in [1.54, 1.807) is 0 Å². The van der Waals surface area contributed by atoms with Gasteiger partial charge in [0.05, 0.1) is 16.1 Å². The number of nitrogens with zero attached hydrogens (tertiary/aromatic N) is 2. The van der Waals surface area contributed by atoms with Gasteiger partial charge in [0.1, 0.15) is 10.5 Å². The van der Waals surface area contributed by atoms with Crippen LogP contribution in [0.3, 0.4) is 0 Å². The Hall–Kier alpha value is -1.62. The Morgan fingerprint density at radius 1 is 1.44 bits per heavy atom. The number of nitro benzene ring substituents is 1. The fourth-order valence-electron chi connectivity index (χ4n) is 1.05. The quantitative estimate of drug-likeness (QED) is 0.590. The average Bonchev–Trinajstić information content (AvgIpc) is 2.15. The van der Waals surface area contributed by atoms with Gasteiger partial charge in [0, 0.05) is 6.07 Å². The number of nitriles is 1. The molecule has 0 aromatic heterocycles. The van der Waals surface area contributed by atoms with Crippen LogP contribution in [0.25, 0.3) is 0 Å². The topological polar surface area (TPSA) is 66.9 Å². The van der Waals surface area contributed by atoms with Crippen LogP contribution >= 0.6 is 15.9 Å². The molecule has 4 nitrogen and oxygen atoms in total. The molecule has 0 radical (unpaired) electrons. The maximum absolute atomic E-state index is 12.4. The van der Waals surface area contributed by atoms with Crippen molar-refractivity contribution < 1.29 is 18.1 Å². The predicted molar refractivity (Wildman–Crippen MR) is 50.5 cm³/mol. The predicted octanol–water partition coefficient (Wildman–Crippen LogP) is 3.25. The molecule has 0 unspecified atom stereocenters. The van der Waals surface area contributed by atoms with Gasteiger partial charge in [0.25, 0.3) is 5.69 Å². The smallest absolute Gasteiger partial charge is 0.258 e. The first-order chi connectivity index (χ1) is 7.29. The van der Waals surface area contributed by atoms with Gasteiger partial charge in [-0.1, -0.05) is 0 Å². The highest BCUT2D eigenvalue weighted by Gasteiger charge is 2.36. The van der Waals surface area contributed by atoms with Crippen molar-refractivity contribution >= 4 is 21.6 Å². The van der Waals surface area contributed by atoms with Crippen molar-refractivity contribution in [3.63, 3.8) is 0 Å². The molecule has 0 N–H and O–H groups in total. The average molecular weight is 295 g/mol. The molecule has 0 aliphatic rings. The highest BCUT2D eigenvalue weighted by Crippen LogP contribution is 2.38. The van der Waals surface area contributed by atoms with Crippen molar-refractivity contribution in [1.82, 2.24) is 0 Å². The maximum atomic E-state index is 12.4. The van der Waals surface area contributed by atoms with Crippen LogP contribution in [0.2, 0.25) is 0 Å². The number of rotatable bonds is 1. The van der Waals surface area contributed by atoms with Gasteiger partial charge in [-0.05, 0) is 22.0 Å². The highest BCUT2D eigenvalue weighted by molar-refractivity contribution is 9.10. The lowest BCUT2D eigenvalue weighted by Crippen LogP contribution is -2.09. The first-order valence-corrected chi connectivity index (χ1v) is 4.52. The molecule has 16 heavy (non-hydrogen) atoms. The molecule has 0 amide bonds. The Morgan fingerprint density at radius 3 is 2.38 bits per heavy atom. The third kappa shape index (κ3) is 2.14. The number of alkyl halides is 3. The molecule has 0 fully saturated rings. The van der Waals surface area contributed by atoms with E-state index in [1.807, 2.05) is 0 Å². The molecule has 1 aromatic carbocycles. The summed E-state index contributed by atoms with van der Waals surface area (Å²) in [5, 5.41) is 19.0. The molecule has 0 atom stereocenters. The van der Waals surface area contributed by atoms with Crippen molar-refractivity contribution in [2.24, 2.45) is 0 Å². The fourth-order valence-corrected chi connectivity index (χ4v) is 1.63. The van der Waals surface area contributed by atoms with E-state index in [0.717, 1.165) is 0 Å². The zero-order chi connectivity index (χ0) is 12.5. The monoisotopic (exact) mass is 294 g/mol. The third-order valence-electron chi connectivity index (χ3n) is 1.74. The molecule has 0 spiro atoms. The molecule has 8 heteroatoms. The second-order valence-corrected chi connectivity index (χ2v) is 3.48. The number of nitro groups is 1. The summed E-state index contributed by atoms with van der Waals surface area (Å²) in [4.78, 5) is 9.57. The van der Waals surface area contributed by atoms with E-state index in [2.05, 4.69) is 15.9 Å². The van der Waals surface area contributed by atoms with Crippen LogP contribution in [0.5, 0.6) is 0 Å². The van der Waals surface area contributed by atoms with E-state index in [4.69, 9.17) is 5.26 Å². The molecule has 0 saturated carbocycles. The Morgan fingerprint density at radius 2 is 2.00 bits per heavy atom. The first-order valence-electron chi connectivity index (χ1n) is 3.73. The second-order valence-electron chi connectivity index (χ2n) is 2.69. The summed E-state index contributed by atoms with van der Waals surface area (Å²) < 4.78 is 36.8. The fraction of sp³-hybridized carbons (Fsp3) is 0.125. The molecule has 0 bridgehead atoms. The lowest BCUT2D eigenvalue weighted by Gasteiger charge is -2.09. The molecule has 84 valence electrons. The van der Waals surface area contributed by atoms with Crippen molar-refractivity contribution in [2.45, 2.75) is 6.18 Å². The number of benzene rings is 1. The van der Waals surface area contributed by atoms with Crippen LogP contribution < -0.4 is 0 Å². The molecule has 0 aliphatic heterocycles. The van der Waals surface area contributed by atoms with Crippen LogP contribution in [0, 0.1) is 21.4 Å². The zero-order valence-corrected chi connectivity index (χ0v) is 8.96. The van der Waals surface area contributed by atoms with Gasteiger partial charge in [-0.25, -0.2) is 0 Å². The van der Waals surface area contributed by atoms with Gasteiger partial charge in [-0.3, -0.25) is 10.1 Å². The highest BCUT2D eigenvalue weighted by atomic mass is 79.9. The van der Waals surface area contributed by atoms with Gasteiger partial charge >= 0.3 is 6.18 Å². The zero-order valence-electron chi connectivity index (χ0n) is 7.38. The van der Waals surface area contributed by atoms with Gasteiger partial charge in [-0.15, -0.1) is 0 Å². The Balaban J connectivity index is 3.56. The van der Waals surface area contributed by atoms with Crippen LogP contribution in [0.15, 0.2) is 16.6 Å². The largest absolute Gasteiger partial charge is 0.417 e. The van der Waals surface area contributed by atoms with E-state index in [-0.39, 0.29) is 0 Å². The number of hydrogen-bond donors (Lipinski definition) is 0. The molecule has 1 rings (SSSR count). The van der Waals surface area contributed by atoms with Gasteiger partial charge in [0.15, 0.2) is 0 Å². The van der Waals surface area contributed by atoms with Gasteiger partial charge < -0.3 is 0 Å². The molecular formula is C8H2BrF3N2O2. The van der Waals surface area contributed by atoms with Crippen LogP contribution in [0.1, 0.15) is 11.1 Å². The third-order valence-corrected chi connectivity index (χ3v) is 2.54. The minimum atomic E-state index is -4.72. The molecule has 0 heterocycles. The Labute approximate surface area is 95.6 Å². The normalized spacial score (nSPS) is 10.9. The molecule has 1 aromatic rings. The summed E-state index contributed by atoms with van der Waals surface area (Å²) in [5.74, 6) is 0. The summed E-state index contributed by atoms with van der Waals surface area (Å²) in [6, 6.07) is 2.51. The van der Waals surface area contributed by atoms with Crippen molar-refractivity contribution in [3.05, 3.63) is 37.8 Å². The maximum Gasteiger partial charge on any atom is 0.417 e. The lowest BCUT2D eigenvalue weighted by atomic mass is 10.1. The van der Waals surface area contributed by atoms with Crippen molar-refractivity contribution in [1.29, 1.82) is 5.26 Å². The van der Waals surface area contributed by atoms with E-state index in [9.17, 15) is 23.3 Å². The summed E-state index contributed by atoms with van der Waals surface area (Å²) in [6.45, 7) is 0. The second kappa shape index (κ2) is 4.09. The SMILES string of the molecule is N#Cc1c(C(F)(F)F)ccc([N+](=O)[O-])c1Br. The number of hydrogen-bond acceptors (Lipinski definition) is 3. The van der Waals surface area contributed by atoms with E-state index >= 15 is 0 Å².